The Morgan fingerprint density at radius 3 is 2.94 bits per heavy atom. The van der Waals surface area contributed by atoms with Crippen molar-refractivity contribution in [1.82, 2.24) is 4.57 Å². The lowest BCUT2D eigenvalue weighted by molar-refractivity contribution is -0.0847. The molecule has 1 aliphatic heterocycles. The van der Waals surface area contributed by atoms with Crippen LogP contribution in [0.25, 0.3) is 10.9 Å². The van der Waals surface area contributed by atoms with Crippen LogP contribution in [0, 0.1) is 5.82 Å². The third-order valence-electron chi connectivity index (χ3n) is 3.55. The van der Waals surface area contributed by atoms with Crippen LogP contribution in [0.5, 0.6) is 0 Å². The highest BCUT2D eigenvalue weighted by Crippen LogP contribution is 2.36. The Hall–Kier alpha value is -1.61. The van der Waals surface area contributed by atoms with Crippen molar-refractivity contribution >= 4 is 10.9 Å². The first-order valence-electron chi connectivity index (χ1n) is 6.11. The van der Waals surface area contributed by atoms with E-state index < -0.39 is 0 Å². The summed E-state index contributed by atoms with van der Waals surface area (Å²) in [6.07, 6.45) is 1.81. The van der Waals surface area contributed by atoms with Crippen LogP contribution in [0.4, 0.5) is 4.39 Å². The average molecular weight is 245 g/mol. The van der Waals surface area contributed by atoms with Gasteiger partial charge in [-0.05, 0) is 38.1 Å². The minimum absolute atomic E-state index is 0.00634. The lowest BCUT2D eigenvalue weighted by Gasteiger charge is -2.36. The summed E-state index contributed by atoms with van der Waals surface area (Å²) < 4.78 is 21.5. The molecule has 1 atom stereocenters. The molecule has 3 rings (SSSR count). The van der Waals surface area contributed by atoms with E-state index in [1.807, 2.05) is 32.1 Å². The van der Waals surface area contributed by atoms with Gasteiger partial charge in [0.15, 0.2) is 0 Å². The molecule has 0 saturated carbocycles. The third kappa shape index (κ3) is 1.58. The predicted octanol–water partition coefficient (Wildman–Crippen LogP) is 3.60. The second-order valence-corrected chi connectivity index (χ2v) is 5.25. The van der Waals surface area contributed by atoms with E-state index in [9.17, 15) is 4.39 Å². The Kier molecular flexibility index (Phi) is 2.35. The largest absolute Gasteiger partial charge is 0.360 e. The molecule has 0 saturated heterocycles. The second kappa shape index (κ2) is 3.69. The van der Waals surface area contributed by atoms with E-state index in [1.165, 1.54) is 6.07 Å². The molecule has 3 heteroatoms. The minimum Gasteiger partial charge on any atom is -0.360 e. The van der Waals surface area contributed by atoms with Gasteiger partial charge in [0.25, 0.3) is 0 Å². The molecule has 0 fully saturated rings. The zero-order valence-corrected chi connectivity index (χ0v) is 10.6. The van der Waals surface area contributed by atoms with E-state index in [4.69, 9.17) is 4.74 Å². The van der Waals surface area contributed by atoms with Gasteiger partial charge in [0, 0.05) is 10.9 Å². The Balaban J connectivity index is 2.26. The van der Waals surface area contributed by atoms with E-state index >= 15 is 0 Å². The number of ether oxygens (including phenoxy) is 1. The van der Waals surface area contributed by atoms with Crippen LogP contribution in [0.1, 0.15) is 19.5 Å². The van der Waals surface area contributed by atoms with Gasteiger partial charge in [-0.1, -0.05) is 6.08 Å². The Morgan fingerprint density at radius 2 is 2.22 bits per heavy atom. The molecule has 0 aliphatic carbocycles. The summed E-state index contributed by atoms with van der Waals surface area (Å²) in [4.78, 5) is 0. The number of aromatic nitrogens is 1. The van der Waals surface area contributed by atoms with Crippen molar-refractivity contribution in [3.8, 4) is 0 Å². The van der Waals surface area contributed by atoms with Crippen molar-refractivity contribution in [1.29, 1.82) is 0 Å². The number of hydrogen-bond acceptors (Lipinski definition) is 1. The van der Waals surface area contributed by atoms with Gasteiger partial charge in [-0.2, -0.15) is 0 Å². The summed E-state index contributed by atoms with van der Waals surface area (Å²) in [7, 11) is 0. The fourth-order valence-corrected chi connectivity index (χ4v) is 2.72. The Labute approximate surface area is 106 Å². The van der Waals surface area contributed by atoms with Gasteiger partial charge in [-0.15, -0.1) is 6.58 Å². The topological polar surface area (TPSA) is 14.2 Å². The van der Waals surface area contributed by atoms with Crippen LogP contribution >= 0.6 is 0 Å². The summed E-state index contributed by atoms with van der Waals surface area (Å²) in [6, 6.07) is 6.91. The van der Waals surface area contributed by atoms with Gasteiger partial charge >= 0.3 is 0 Å². The van der Waals surface area contributed by atoms with Crippen LogP contribution in [-0.2, 0) is 16.9 Å². The molecule has 0 bridgehead atoms. The van der Waals surface area contributed by atoms with Crippen molar-refractivity contribution in [2.45, 2.75) is 32.1 Å². The average Bonchev–Trinajstić information content (AvgIpc) is 2.67. The van der Waals surface area contributed by atoms with Crippen molar-refractivity contribution in [3.63, 3.8) is 0 Å². The quantitative estimate of drug-likeness (QED) is 0.700. The first-order chi connectivity index (χ1) is 8.51. The highest BCUT2D eigenvalue weighted by atomic mass is 19.1. The molecule has 0 unspecified atom stereocenters. The maximum absolute atomic E-state index is 13.3. The van der Waals surface area contributed by atoms with Crippen LogP contribution in [-0.4, -0.2) is 10.7 Å². The number of benzene rings is 1. The number of rotatable bonds is 1. The van der Waals surface area contributed by atoms with Crippen molar-refractivity contribution < 1.29 is 9.13 Å². The van der Waals surface area contributed by atoms with Crippen molar-refractivity contribution in [3.05, 3.63) is 48.4 Å². The zero-order valence-electron chi connectivity index (χ0n) is 10.6. The van der Waals surface area contributed by atoms with Crippen LogP contribution in [0.15, 0.2) is 36.9 Å². The van der Waals surface area contributed by atoms with Gasteiger partial charge in [0.1, 0.15) is 11.4 Å². The van der Waals surface area contributed by atoms with Gasteiger partial charge in [-0.25, -0.2) is 4.39 Å². The molecule has 94 valence electrons. The van der Waals surface area contributed by atoms with E-state index in [0.29, 0.717) is 0 Å². The van der Waals surface area contributed by atoms with Gasteiger partial charge in [-0.3, -0.25) is 0 Å². The molecule has 1 aromatic heterocycles. The molecule has 1 aliphatic rings. The molecule has 2 aromatic rings. The number of halogens is 1. The molecule has 0 N–H and O–H groups in total. The van der Waals surface area contributed by atoms with Gasteiger partial charge < -0.3 is 9.30 Å². The van der Waals surface area contributed by atoms with E-state index in [0.717, 1.165) is 23.1 Å². The normalized spacial score (nSPS) is 21.8. The smallest absolute Gasteiger partial charge is 0.123 e. The highest BCUT2D eigenvalue weighted by Gasteiger charge is 2.34. The molecule has 0 spiro atoms. The standard InChI is InChI=1S/C15H16FNO/c1-4-12-9-17-13-6-5-11(16)7-10(13)8-14(17)15(2,3)18-12/h4-8,12H,1,9H2,2-3H3/t12-/m0/s1. The fraction of sp³-hybridized carbons (Fsp3) is 0.333. The lowest BCUT2D eigenvalue weighted by atomic mass is 10.0. The molecule has 2 nitrogen and oxygen atoms in total. The van der Waals surface area contributed by atoms with E-state index in [2.05, 4.69) is 11.1 Å². The number of fused-ring (bicyclic) bond motifs is 3. The second-order valence-electron chi connectivity index (χ2n) is 5.25. The van der Waals surface area contributed by atoms with Gasteiger partial charge in [0.2, 0.25) is 0 Å². The third-order valence-corrected chi connectivity index (χ3v) is 3.55. The minimum atomic E-state index is -0.382. The highest BCUT2D eigenvalue weighted by molar-refractivity contribution is 5.82. The molecule has 0 radical (unpaired) electrons. The summed E-state index contributed by atoms with van der Waals surface area (Å²) in [6.45, 7) is 8.60. The monoisotopic (exact) mass is 245 g/mol. The molecular formula is C15H16FNO. The lowest BCUT2D eigenvalue weighted by Crippen LogP contribution is -2.38. The van der Waals surface area contributed by atoms with Crippen molar-refractivity contribution in [2.75, 3.05) is 0 Å². The summed E-state index contributed by atoms with van der Waals surface area (Å²) in [5.74, 6) is -0.204. The van der Waals surface area contributed by atoms with Crippen molar-refractivity contribution in [2.24, 2.45) is 0 Å². The predicted molar refractivity (Wildman–Crippen MR) is 70.0 cm³/mol. The first-order valence-corrected chi connectivity index (χ1v) is 6.11. The molecule has 1 aromatic carbocycles. The summed E-state index contributed by atoms with van der Waals surface area (Å²) >= 11 is 0. The molecule has 2 heterocycles. The molecule has 18 heavy (non-hydrogen) atoms. The Bertz CT molecular complexity index is 627. The zero-order chi connectivity index (χ0) is 12.9. The maximum Gasteiger partial charge on any atom is 0.123 e. The molecular weight excluding hydrogens is 229 g/mol. The fourth-order valence-electron chi connectivity index (χ4n) is 2.72. The summed E-state index contributed by atoms with van der Waals surface area (Å²) in [5, 5.41) is 0.923. The van der Waals surface area contributed by atoms with Crippen LogP contribution in [0.3, 0.4) is 0 Å². The van der Waals surface area contributed by atoms with Gasteiger partial charge in [0.05, 0.1) is 18.3 Å². The summed E-state index contributed by atoms with van der Waals surface area (Å²) in [5.41, 5.74) is 1.75. The number of nitrogens with zero attached hydrogens (tertiary/aromatic N) is 1. The van der Waals surface area contributed by atoms with Crippen LogP contribution < -0.4 is 0 Å². The van der Waals surface area contributed by atoms with Crippen LogP contribution in [0.2, 0.25) is 0 Å². The molecule has 0 amide bonds. The first kappa shape index (κ1) is 11.5. The SMILES string of the molecule is C=C[C@H]1Cn2c(cc3cc(F)ccc32)C(C)(C)O1. The number of hydrogen-bond donors (Lipinski definition) is 0. The van der Waals surface area contributed by atoms with E-state index in [-0.39, 0.29) is 17.5 Å². The Morgan fingerprint density at radius 1 is 1.44 bits per heavy atom. The maximum atomic E-state index is 13.3. The van der Waals surface area contributed by atoms with E-state index in [1.54, 1.807) is 6.07 Å².